The average molecular weight is 440 g/mol. The zero-order valence-corrected chi connectivity index (χ0v) is 18.3. The largest absolute Gasteiger partial charge is 0.503 e. The maximum Gasteiger partial charge on any atom is 0.290 e. The molecule has 33 heavy (non-hydrogen) atoms. The summed E-state index contributed by atoms with van der Waals surface area (Å²) in [6.07, 6.45) is 3.09. The molecule has 1 aliphatic rings. The van der Waals surface area contributed by atoms with E-state index in [9.17, 15) is 14.7 Å². The molecule has 0 radical (unpaired) electrons. The fourth-order valence-corrected chi connectivity index (χ4v) is 3.93. The number of rotatable bonds is 8. The third kappa shape index (κ3) is 4.88. The molecule has 0 spiro atoms. The Labute approximate surface area is 193 Å². The summed E-state index contributed by atoms with van der Waals surface area (Å²) in [5, 5.41) is 10.8. The normalized spacial score (nSPS) is 16.0. The second kappa shape index (κ2) is 10.0. The monoisotopic (exact) mass is 439 g/mol. The van der Waals surface area contributed by atoms with Crippen molar-refractivity contribution in [2.24, 2.45) is 0 Å². The molecule has 5 nitrogen and oxygen atoms in total. The molecule has 166 valence electrons. The highest BCUT2D eigenvalue weighted by Gasteiger charge is 2.42. The van der Waals surface area contributed by atoms with E-state index >= 15 is 0 Å². The second-order valence-electron chi connectivity index (χ2n) is 7.69. The minimum Gasteiger partial charge on any atom is -0.503 e. The molecule has 1 aliphatic heterocycles. The molecule has 3 aromatic carbocycles. The number of hydrogen-bond acceptors (Lipinski definition) is 4. The van der Waals surface area contributed by atoms with Gasteiger partial charge in [0, 0.05) is 6.54 Å². The smallest absolute Gasteiger partial charge is 0.290 e. The number of aliphatic hydroxyl groups excluding tert-OH is 1. The van der Waals surface area contributed by atoms with E-state index in [0.717, 1.165) is 16.7 Å². The minimum absolute atomic E-state index is 0.0762. The lowest BCUT2D eigenvalue weighted by Crippen LogP contribution is -2.30. The summed E-state index contributed by atoms with van der Waals surface area (Å²) in [4.78, 5) is 27.8. The van der Waals surface area contributed by atoms with Crippen LogP contribution in [-0.4, -0.2) is 28.3 Å². The van der Waals surface area contributed by atoms with Crippen LogP contribution >= 0.6 is 0 Å². The zero-order chi connectivity index (χ0) is 23.2. The van der Waals surface area contributed by atoms with Gasteiger partial charge in [-0.1, -0.05) is 78.9 Å². The van der Waals surface area contributed by atoms with Gasteiger partial charge in [-0.2, -0.15) is 0 Å². The molecule has 0 saturated carbocycles. The number of aliphatic hydroxyl groups is 1. The lowest BCUT2D eigenvalue weighted by molar-refractivity contribution is -0.130. The molecule has 4 rings (SSSR count). The predicted octanol–water partition coefficient (Wildman–Crippen LogP) is 5.26. The Balaban J connectivity index is 1.71. The number of ketones is 1. The summed E-state index contributed by atoms with van der Waals surface area (Å²) in [7, 11) is 0. The van der Waals surface area contributed by atoms with Crippen LogP contribution in [0, 0.1) is 0 Å². The van der Waals surface area contributed by atoms with Gasteiger partial charge < -0.3 is 14.7 Å². The molecule has 1 N–H and O–H groups in total. The maximum absolute atomic E-state index is 13.2. The lowest BCUT2D eigenvalue weighted by Gasteiger charge is -2.27. The van der Waals surface area contributed by atoms with Gasteiger partial charge in [0.1, 0.15) is 5.75 Å². The van der Waals surface area contributed by atoms with Gasteiger partial charge in [-0.25, -0.2) is 0 Å². The predicted molar refractivity (Wildman–Crippen MR) is 127 cm³/mol. The van der Waals surface area contributed by atoms with Crippen LogP contribution in [0.2, 0.25) is 0 Å². The molecule has 0 fully saturated rings. The van der Waals surface area contributed by atoms with E-state index in [2.05, 4.69) is 0 Å². The van der Waals surface area contributed by atoms with Crippen molar-refractivity contribution in [2.75, 3.05) is 6.61 Å². The number of allylic oxidation sites excluding steroid dienone is 1. The summed E-state index contributed by atoms with van der Waals surface area (Å²) in [5.41, 5.74) is 2.56. The number of carbonyl (C=O) groups excluding carboxylic acids is 2. The van der Waals surface area contributed by atoms with Gasteiger partial charge in [0.15, 0.2) is 11.5 Å². The number of hydrogen-bond donors (Lipinski definition) is 1. The van der Waals surface area contributed by atoms with Gasteiger partial charge in [-0.15, -0.1) is 0 Å². The molecule has 1 heterocycles. The highest BCUT2D eigenvalue weighted by molar-refractivity contribution is 6.14. The summed E-state index contributed by atoms with van der Waals surface area (Å²) >= 11 is 0. The summed E-state index contributed by atoms with van der Waals surface area (Å²) < 4.78 is 5.53. The van der Waals surface area contributed by atoms with E-state index in [0.29, 0.717) is 12.4 Å². The van der Waals surface area contributed by atoms with Crippen molar-refractivity contribution in [3.05, 3.63) is 119 Å². The number of benzene rings is 3. The molecular formula is C28H25NO4. The topological polar surface area (TPSA) is 66.8 Å². The van der Waals surface area contributed by atoms with E-state index in [1.54, 1.807) is 18.2 Å². The Hall–Kier alpha value is -4.12. The highest BCUT2D eigenvalue weighted by atomic mass is 16.5. The van der Waals surface area contributed by atoms with Crippen molar-refractivity contribution >= 4 is 17.8 Å². The van der Waals surface area contributed by atoms with E-state index in [1.807, 2.05) is 79.7 Å². The second-order valence-corrected chi connectivity index (χ2v) is 7.69. The number of amides is 1. The van der Waals surface area contributed by atoms with Crippen molar-refractivity contribution in [1.29, 1.82) is 0 Å². The van der Waals surface area contributed by atoms with Gasteiger partial charge in [0.05, 0.1) is 18.2 Å². The first kappa shape index (κ1) is 22.1. The Kier molecular flexibility index (Phi) is 6.69. The van der Waals surface area contributed by atoms with E-state index in [1.165, 1.54) is 11.0 Å². The maximum atomic E-state index is 13.2. The third-order valence-corrected chi connectivity index (χ3v) is 5.50. The molecule has 1 unspecified atom stereocenters. The van der Waals surface area contributed by atoms with Crippen LogP contribution in [0.4, 0.5) is 0 Å². The third-order valence-electron chi connectivity index (χ3n) is 5.50. The number of carbonyl (C=O) groups is 2. The molecule has 3 aromatic rings. The van der Waals surface area contributed by atoms with Crippen molar-refractivity contribution in [3.63, 3.8) is 0 Å². The lowest BCUT2D eigenvalue weighted by atomic mass is 9.95. The first-order valence-electron chi connectivity index (χ1n) is 10.9. The van der Waals surface area contributed by atoms with E-state index in [-0.39, 0.29) is 12.1 Å². The highest BCUT2D eigenvalue weighted by Crippen LogP contribution is 2.39. The summed E-state index contributed by atoms with van der Waals surface area (Å²) in [6.45, 7) is 2.71. The van der Waals surface area contributed by atoms with Crippen molar-refractivity contribution < 1.29 is 19.4 Å². The fraction of sp³-hybridized carbons (Fsp3) is 0.143. The average Bonchev–Trinajstić information content (AvgIpc) is 3.09. The van der Waals surface area contributed by atoms with Crippen LogP contribution in [-0.2, 0) is 16.1 Å². The molecule has 0 aliphatic carbocycles. The quantitative estimate of drug-likeness (QED) is 0.486. The van der Waals surface area contributed by atoms with Crippen LogP contribution in [0.15, 0.2) is 102 Å². The van der Waals surface area contributed by atoms with E-state index in [4.69, 9.17) is 4.74 Å². The Morgan fingerprint density at radius 1 is 0.970 bits per heavy atom. The van der Waals surface area contributed by atoms with Crippen molar-refractivity contribution in [1.82, 2.24) is 4.90 Å². The van der Waals surface area contributed by atoms with Crippen LogP contribution in [0.3, 0.4) is 0 Å². The van der Waals surface area contributed by atoms with Gasteiger partial charge in [-0.3, -0.25) is 9.59 Å². The standard InChI is InChI=1S/C28H25NO4/c1-2-33-23-16-14-22(15-17-23)26-25(24(30)18-13-20-9-5-3-6-10-20)27(31)28(32)29(26)19-21-11-7-4-8-12-21/h3-18,26,31H,2,19H2,1H3/b18-13+. The molecule has 5 heteroatoms. The van der Waals surface area contributed by atoms with Gasteiger partial charge in [0.25, 0.3) is 5.91 Å². The van der Waals surface area contributed by atoms with Gasteiger partial charge in [-0.05, 0) is 41.8 Å². The Morgan fingerprint density at radius 3 is 2.24 bits per heavy atom. The van der Waals surface area contributed by atoms with E-state index < -0.39 is 23.5 Å². The fourth-order valence-electron chi connectivity index (χ4n) is 3.93. The molecule has 1 amide bonds. The van der Waals surface area contributed by atoms with Crippen LogP contribution in [0.5, 0.6) is 5.75 Å². The van der Waals surface area contributed by atoms with Crippen molar-refractivity contribution in [2.45, 2.75) is 19.5 Å². The van der Waals surface area contributed by atoms with Crippen LogP contribution < -0.4 is 4.74 Å². The minimum atomic E-state index is -0.707. The number of nitrogens with zero attached hydrogens (tertiary/aromatic N) is 1. The molecular weight excluding hydrogens is 414 g/mol. The van der Waals surface area contributed by atoms with Crippen molar-refractivity contribution in [3.8, 4) is 5.75 Å². The zero-order valence-electron chi connectivity index (χ0n) is 18.3. The van der Waals surface area contributed by atoms with Gasteiger partial charge >= 0.3 is 0 Å². The first-order chi connectivity index (χ1) is 16.1. The molecule has 0 bridgehead atoms. The molecule has 1 atom stereocenters. The SMILES string of the molecule is CCOc1ccc(C2C(C(=O)/C=C/c3ccccc3)=C(O)C(=O)N2Cc2ccccc2)cc1. The summed E-state index contributed by atoms with van der Waals surface area (Å²) in [5.74, 6) is -0.772. The molecule has 0 aromatic heterocycles. The van der Waals surface area contributed by atoms with Crippen LogP contribution in [0.1, 0.15) is 29.7 Å². The van der Waals surface area contributed by atoms with Gasteiger partial charge in [0.2, 0.25) is 0 Å². The van der Waals surface area contributed by atoms with Crippen LogP contribution in [0.25, 0.3) is 6.08 Å². The first-order valence-corrected chi connectivity index (χ1v) is 10.9. The molecule has 0 saturated heterocycles. The number of ether oxygens (including phenoxy) is 1. The summed E-state index contributed by atoms with van der Waals surface area (Å²) in [6, 6.07) is 25.5. The Bertz CT molecular complexity index is 1180. The Morgan fingerprint density at radius 2 is 1.61 bits per heavy atom.